The minimum Gasteiger partial charge on any atom is -0.358 e. The number of hydrogen-bond donors (Lipinski definition) is 0. The Morgan fingerprint density at radius 2 is 2.10 bits per heavy atom. The van der Waals surface area contributed by atoms with Crippen LogP contribution in [0.2, 0.25) is 0 Å². The highest BCUT2D eigenvalue weighted by Gasteiger charge is 2.28. The number of fused-ring (bicyclic) bond motifs is 1. The highest BCUT2D eigenvalue weighted by molar-refractivity contribution is 7.99. The number of ether oxygens (including phenoxy) is 1. The molecule has 2 fully saturated rings. The van der Waals surface area contributed by atoms with Gasteiger partial charge in [-0.3, -0.25) is 4.57 Å². The maximum absolute atomic E-state index is 6.04. The zero-order chi connectivity index (χ0) is 14.1. The van der Waals surface area contributed by atoms with Crippen LogP contribution in [0.3, 0.4) is 0 Å². The lowest BCUT2D eigenvalue weighted by Gasteiger charge is -2.28. The molecule has 0 spiro atoms. The first-order chi connectivity index (χ1) is 10.4. The fraction of sp³-hybridized carbons (Fsp3) is 0.625. The molecule has 0 amide bonds. The first-order valence-corrected chi connectivity index (χ1v) is 9.11. The lowest BCUT2D eigenvalue weighted by Crippen LogP contribution is -2.23. The first kappa shape index (κ1) is 13.6. The molecule has 2 aromatic rings. The summed E-state index contributed by atoms with van der Waals surface area (Å²) in [4.78, 5) is 9.51. The number of rotatable bonds is 2. The third-order valence-electron chi connectivity index (χ3n) is 4.51. The van der Waals surface area contributed by atoms with Crippen molar-refractivity contribution in [2.75, 3.05) is 18.1 Å². The van der Waals surface area contributed by atoms with Crippen molar-refractivity contribution in [1.29, 1.82) is 0 Å². The van der Waals surface area contributed by atoms with Crippen LogP contribution in [0.5, 0.6) is 0 Å². The van der Waals surface area contributed by atoms with Crippen LogP contribution in [0.25, 0.3) is 11.2 Å². The Morgan fingerprint density at radius 3 is 2.90 bits per heavy atom. The van der Waals surface area contributed by atoms with Crippen LogP contribution in [0.1, 0.15) is 50.1 Å². The molecule has 0 saturated carbocycles. The van der Waals surface area contributed by atoms with Gasteiger partial charge < -0.3 is 4.74 Å². The molecule has 0 radical (unpaired) electrons. The van der Waals surface area contributed by atoms with Gasteiger partial charge in [0.2, 0.25) is 0 Å². The van der Waals surface area contributed by atoms with Crippen molar-refractivity contribution in [1.82, 2.24) is 14.5 Å². The van der Waals surface area contributed by atoms with Gasteiger partial charge >= 0.3 is 0 Å². The van der Waals surface area contributed by atoms with E-state index in [0.29, 0.717) is 5.92 Å². The molecule has 0 bridgehead atoms. The van der Waals surface area contributed by atoms with Gasteiger partial charge in [-0.25, -0.2) is 9.97 Å². The average Bonchev–Trinajstić information content (AvgIpc) is 2.96. The summed E-state index contributed by atoms with van der Waals surface area (Å²) >= 11 is 2.06. The molecular formula is C16H21N3OS. The van der Waals surface area contributed by atoms with Gasteiger partial charge in [-0.15, -0.1) is 0 Å². The fourth-order valence-corrected chi connectivity index (χ4v) is 4.51. The zero-order valence-electron chi connectivity index (χ0n) is 12.2. The molecular weight excluding hydrogens is 282 g/mol. The van der Waals surface area contributed by atoms with Crippen molar-refractivity contribution in [3.05, 3.63) is 24.2 Å². The van der Waals surface area contributed by atoms with Crippen LogP contribution in [-0.4, -0.2) is 32.6 Å². The van der Waals surface area contributed by atoms with E-state index >= 15 is 0 Å². The van der Waals surface area contributed by atoms with Crippen molar-refractivity contribution in [2.45, 2.75) is 44.2 Å². The normalized spacial score (nSPS) is 24.5. The third kappa shape index (κ3) is 2.57. The summed E-state index contributed by atoms with van der Waals surface area (Å²) in [5, 5.41) is 0. The van der Waals surface area contributed by atoms with Gasteiger partial charge in [-0.05, 0) is 55.7 Å². The summed E-state index contributed by atoms with van der Waals surface area (Å²) in [6.07, 6.45) is 7.92. The molecule has 21 heavy (non-hydrogen) atoms. The van der Waals surface area contributed by atoms with Crippen LogP contribution in [-0.2, 0) is 4.74 Å². The van der Waals surface area contributed by atoms with Crippen molar-refractivity contribution in [3.8, 4) is 0 Å². The number of imidazole rings is 1. The van der Waals surface area contributed by atoms with E-state index in [1.807, 2.05) is 12.3 Å². The topological polar surface area (TPSA) is 39.9 Å². The molecule has 1 unspecified atom stereocenters. The van der Waals surface area contributed by atoms with Gasteiger partial charge in [0.1, 0.15) is 17.6 Å². The summed E-state index contributed by atoms with van der Waals surface area (Å²) in [6.45, 7) is 0.858. The molecule has 0 aliphatic carbocycles. The molecule has 1 atom stereocenters. The van der Waals surface area contributed by atoms with E-state index in [0.717, 1.165) is 24.2 Å². The molecule has 4 rings (SSSR count). The molecule has 2 aliphatic rings. The summed E-state index contributed by atoms with van der Waals surface area (Å²) in [5.41, 5.74) is 2.01. The minimum absolute atomic E-state index is 0.128. The standard InChI is InChI=1S/C16H21N3OS/c1-2-9-20-14(5-1)19-15(12-6-10-21-11-7-12)18-13-4-3-8-17-16(13)19/h3-4,8,12,14H,1-2,5-7,9-11H2. The summed E-state index contributed by atoms with van der Waals surface area (Å²) in [6, 6.07) is 4.05. The van der Waals surface area contributed by atoms with E-state index in [1.54, 1.807) is 0 Å². The molecule has 4 heterocycles. The summed E-state index contributed by atoms with van der Waals surface area (Å²) in [7, 11) is 0. The van der Waals surface area contributed by atoms with Crippen LogP contribution >= 0.6 is 11.8 Å². The van der Waals surface area contributed by atoms with Crippen molar-refractivity contribution in [3.63, 3.8) is 0 Å². The van der Waals surface area contributed by atoms with E-state index in [9.17, 15) is 0 Å². The second kappa shape index (κ2) is 5.97. The second-order valence-electron chi connectivity index (χ2n) is 5.89. The van der Waals surface area contributed by atoms with E-state index in [1.165, 1.54) is 43.0 Å². The Bertz CT molecular complexity index is 615. The van der Waals surface area contributed by atoms with Gasteiger partial charge in [-0.2, -0.15) is 11.8 Å². The van der Waals surface area contributed by atoms with E-state index in [-0.39, 0.29) is 6.23 Å². The smallest absolute Gasteiger partial charge is 0.162 e. The van der Waals surface area contributed by atoms with Crippen LogP contribution in [0, 0.1) is 0 Å². The number of nitrogens with zero attached hydrogens (tertiary/aromatic N) is 3. The van der Waals surface area contributed by atoms with Crippen molar-refractivity contribution in [2.24, 2.45) is 0 Å². The molecule has 4 nitrogen and oxygen atoms in total. The molecule has 2 saturated heterocycles. The second-order valence-corrected chi connectivity index (χ2v) is 7.12. The Morgan fingerprint density at radius 1 is 1.19 bits per heavy atom. The Labute approximate surface area is 129 Å². The minimum atomic E-state index is 0.128. The molecule has 5 heteroatoms. The molecule has 2 aromatic heterocycles. The Hall–Kier alpha value is -1.07. The first-order valence-electron chi connectivity index (χ1n) is 7.95. The van der Waals surface area contributed by atoms with Gasteiger partial charge in [0.25, 0.3) is 0 Å². The molecule has 0 aromatic carbocycles. The summed E-state index contributed by atoms with van der Waals surface area (Å²) in [5.74, 6) is 4.25. The summed E-state index contributed by atoms with van der Waals surface area (Å²) < 4.78 is 8.34. The van der Waals surface area contributed by atoms with Crippen molar-refractivity contribution >= 4 is 22.9 Å². The third-order valence-corrected chi connectivity index (χ3v) is 5.55. The number of hydrogen-bond acceptors (Lipinski definition) is 4. The number of thioether (sulfide) groups is 1. The van der Waals surface area contributed by atoms with Gasteiger partial charge in [0.05, 0.1) is 0 Å². The fourth-order valence-electron chi connectivity index (χ4n) is 3.40. The quantitative estimate of drug-likeness (QED) is 0.847. The predicted molar refractivity (Wildman–Crippen MR) is 85.7 cm³/mol. The molecule has 112 valence electrons. The maximum atomic E-state index is 6.04. The van der Waals surface area contributed by atoms with E-state index < -0.39 is 0 Å². The lowest BCUT2D eigenvalue weighted by atomic mass is 10.0. The number of aromatic nitrogens is 3. The van der Waals surface area contributed by atoms with Crippen molar-refractivity contribution < 1.29 is 4.74 Å². The average molecular weight is 303 g/mol. The van der Waals surface area contributed by atoms with Crippen LogP contribution < -0.4 is 0 Å². The zero-order valence-corrected chi connectivity index (χ0v) is 13.0. The van der Waals surface area contributed by atoms with Gasteiger partial charge in [0, 0.05) is 18.7 Å². The van der Waals surface area contributed by atoms with Gasteiger partial charge in [-0.1, -0.05) is 0 Å². The van der Waals surface area contributed by atoms with Crippen LogP contribution in [0.4, 0.5) is 0 Å². The SMILES string of the molecule is c1cnc2c(c1)nc(C1CCSCC1)n2C1CCCCO1. The predicted octanol–water partition coefficient (Wildman–Crippen LogP) is 3.74. The maximum Gasteiger partial charge on any atom is 0.162 e. The van der Waals surface area contributed by atoms with E-state index in [2.05, 4.69) is 27.4 Å². The Kier molecular flexibility index (Phi) is 3.86. The highest BCUT2D eigenvalue weighted by atomic mass is 32.2. The van der Waals surface area contributed by atoms with Gasteiger partial charge in [0.15, 0.2) is 5.65 Å². The lowest BCUT2D eigenvalue weighted by molar-refractivity contribution is -0.0319. The molecule has 0 N–H and O–H groups in total. The highest BCUT2D eigenvalue weighted by Crippen LogP contribution is 2.36. The largest absolute Gasteiger partial charge is 0.358 e. The Balaban J connectivity index is 1.79. The van der Waals surface area contributed by atoms with E-state index in [4.69, 9.17) is 9.72 Å². The van der Waals surface area contributed by atoms with Crippen LogP contribution in [0.15, 0.2) is 18.3 Å². The monoisotopic (exact) mass is 303 g/mol. The molecule has 2 aliphatic heterocycles. The number of pyridine rings is 1.